The molecule has 0 saturated carbocycles. The smallest absolute Gasteiger partial charge is 0.341 e. The van der Waals surface area contributed by atoms with Crippen LogP contribution in [0.5, 0.6) is 0 Å². The van der Waals surface area contributed by atoms with Crippen LogP contribution in [0.15, 0.2) is 6.07 Å². The molecule has 4 nitrogen and oxygen atoms in total. The molecule has 0 saturated heterocycles. The van der Waals surface area contributed by atoms with E-state index in [9.17, 15) is 9.59 Å². The maximum absolute atomic E-state index is 12.2. The molecule has 23 heavy (non-hydrogen) atoms. The molecular formula is C18H29NO3S. The highest BCUT2D eigenvalue weighted by molar-refractivity contribution is 7.16. The van der Waals surface area contributed by atoms with Crippen LogP contribution >= 0.6 is 11.3 Å². The molecule has 130 valence electrons. The van der Waals surface area contributed by atoms with E-state index in [1.807, 2.05) is 13.0 Å². The number of hydrogen-bond acceptors (Lipinski definition) is 4. The van der Waals surface area contributed by atoms with Crippen LogP contribution < -0.4 is 5.32 Å². The second-order valence-electron chi connectivity index (χ2n) is 7.08. The first kappa shape index (κ1) is 19.7. The minimum absolute atomic E-state index is 0.0603. The van der Waals surface area contributed by atoms with Gasteiger partial charge in [0.05, 0.1) is 12.2 Å². The van der Waals surface area contributed by atoms with E-state index in [0.717, 1.165) is 17.7 Å². The number of ether oxygens (including phenoxy) is 1. The number of thiophene rings is 1. The molecule has 1 rings (SSSR count). The fourth-order valence-electron chi connectivity index (χ4n) is 2.54. The molecule has 1 heterocycles. The Morgan fingerprint density at radius 1 is 1.30 bits per heavy atom. The van der Waals surface area contributed by atoms with Crippen LogP contribution in [0, 0.1) is 5.41 Å². The first-order valence-corrected chi connectivity index (χ1v) is 9.10. The highest BCUT2D eigenvalue weighted by atomic mass is 32.1. The Hall–Kier alpha value is -1.36. The Labute approximate surface area is 143 Å². The van der Waals surface area contributed by atoms with Gasteiger partial charge in [0.2, 0.25) is 5.91 Å². The second kappa shape index (κ2) is 8.48. The lowest BCUT2D eigenvalue weighted by molar-refractivity contribution is -0.116. The lowest BCUT2D eigenvalue weighted by Gasteiger charge is -2.22. The topological polar surface area (TPSA) is 55.4 Å². The zero-order valence-electron chi connectivity index (χ0n) is 15.1. The monoisotopic (exact) mass is 339 g/mol. The molecule has 0 aliphatic heterocycles. The summed E-state index contributed by atoms with van der Waals surface area (Å²) in [5, 5.41) is 3.48. The van der Waals surface area contributed by atoms with Gasteiger partial charge in [0.25, 0.3) is 0 Å². The molecule has 0 bridgehead atoms. The minimum atomic E-state index is -0.371. The minimum Gasteiger partial charge on any atom is -0.462 e. The molecule has 0 aromatic carbocycles. The predicted octanol–water partition coefficient (Wildman–Crippen LogP) is 5.20. The molecule has 1 aromatic heterocycles. The molecule has 5 heteroatoms. The summed E-state index contributed by atoms with van der Waals surface area (Å²) < 4.78 is 5.12. The van der Waals surface area contributed by atoms with Crippen molar-refractivity contribution in [1.82, 2.24) is 0 Å². The molecule has 1 N–H and O–H groups in total. The van der Waals surface area contributed by atoms with E-state index >= 15 is 0 Å². The van der Waals surface area contributed by atoms with Crippen molar-refractivity contribution >= 4 is 28.2 Å². The van der Waals surface area contributed by atoms with Crippen molar-refractivity contribution in [3.63, 3.8) is 0 Å². The van der Waals surface area contributed by atoms with Gasteiger partial charge in [-0.2, -0.15) is 0 Å². The highest BCUT2D eigenvalue weighted by Crippen LogP contribution is 2.38. The van der Waals surface area contributed by atoms with Crippen molar-refractivity contribution in [3.05, 3.63) is 16.5 Å². The van der Waals surface area contributed by atoms with Gasteiger partial charge in [-0.25, -0.2) is 4.79 Å². The number of esters is 1. The first-order valence-electron chi connectivity index (χ1n) is 8.28. The summed E-state index contributed by atoms with van der Waals surface area (Å²) in [6, 6.07) is 1.88. The third kappa shape index (κ3) is 6.34. The summed E-state index contributed by atoms with van der Waals surface area (Å²) in [5.74, 6) is -0.107. The predicted molar refractivity (Wildman–Crippen MR) is 96.3 cm³/mol. The molecule has 1 aromatic rings. The maximum Gasteiger partial charge on any atom is 0.341 e. The van der Waals surface area contributed by atoms with Crippen molar-refractivity contribution in [3.8, 4) is 0 Å². The average Bonchev–Trinajstić information content (AvgIpc) is 2.81. The van der Waals surface area contributed by atoms with Crippen molar-refractivity contribution in [2.45, 2.75) is 66.7 Å². The number of anilines is 1. The van der Waals surface area contributed by atoms with Crippen molar-refractivity contribution in [2.75, 3.05) is 11.9 Å². The van der Waals surface area contributed by atoms with Crippen LogP contribution in [0.1, 0.15) is 82.0 Å². The van der Waals surface area contributed by atoms with Gasteiger partial charge in [0.1, 0.15) is 5.00 Å². The third-order valence-corrected chi connectivity index (χ3v) is 4.66. The molecule has 0 aliphatic rings. The van der Waals surface area contributed by atoms with Gasteiger partial charge >= 0.3 is 5.97 Å². The van der Waals surface area contributed by atoms with E-state index in [2.05, 4.69) is 33.0 Å². The first-order chi connectivity index (χ1) is 10.7. The van der Waals surface area contributed by atoms with Gasteiger partial charge in [0.15, 0.2) is 0 Å². The van der Waals surface area contributed by atoms with E-state index in [-0.39, 0.29) is 17.3 Å². The van der Waals surface area contributed by atoms with Crippen LogP contribution in [0.3, 0.4) is 0 Å². The van der Waals surface area contributed by atoms with E-state index in [1.165, 1.54) is 11.3 Å². The standard InChI is InChI=1S/C18H29NO3S/c1-7-9-15(20)19-16-13(17(21)22-8-2)10-14(23-16)12(3)11-18(4,5)6/h10,12H,7-9,11H2,1-6H3,(H,19,20)/t12-/m1/s1. The molecule has 0 spiro atoms. The molecule has 0 radical (unpaired) electrons. The fourth-order valence-corrected chi connectivity index (χ4v) is 3.66. The molecule has 0 fully saturated rings. The van der Waals surface area contributed by atoms with Crippen LogP contribution in [-0.2, 0) is 9.53 Å². The zero-order chi connectivity index (χ0) is 17.6. The largest absolute Gasteiger partial charge is 0.462 e. The summed E-state index contributed by atoms with van der Waals surface area (Å²) in [7, 11) is 0. The Bertz CT molecular complexity index is 543. The Morgan fingerprint density at radius 2 is 1.96 bits per heavy atom. The molecule has 1 atom stereocenters. The van der Waals surface area contributed by atoms with E-state index in [0.29, 0.717) is 29.5 Å². The number of rotatable bonds is 7. The lowest BCUT2D eigenvalue weighted by Crippen LogP contribution is -2.13. The number of carbonyl (C=O) groups is 2. The van der Waals surface area contributed by atoms with Crippen molar-refractivity contribution in [1.29, 1.82) is 0 Å². The van der Waals surface area contributed by atoms with Gasteiger partial charge in [-0.1, -0.05) is 34.6 Å². The van der Waals surface area contributed by atoms with Gasteiger partial charge in [-0.05, 0) is 37.2 Å². The van der Waals surface area contributed by atoms with Crippen LogP contribution in [0.4, 0.5) is 5.00 Å². The Morgan fingerprint density at radius 3 is 2.48 bits per heavy atom. The third-order valence-electron chi connectivity index (χ3n) is 3.38. The van der Waals surface area contributed by atoms with Crippen LogP contribution in [-0.4, -0.2) is 18.5 Å². The van der Waals surface area contributed by atoms with Crippen molar-refractivity contribution in [2.24, 2.45) is 5.41 Å². The second-order valence-corrected chi connectivity index (χ2v) is 8.16. The summed E-state index contributed by atoms with van der Waals surface area (Å²) >= 11 is 1.48. The van der Waals surface area contributed by atoms with E-state index in [4.69, 9.17) is 4.74 Å². The normalized spacial score (nSPS) is 12.8. The Balaban J connectivity index is 3.05. The van der Waals surface area contributed by atoms with Crippen molar-refractivity contribution < 1.29 is 14.3 Å². The number of hydrogen-bond donors (Lipinski definition) is 1. The van der Waals surface area contributed by atoms with Crippen LogP contribution in [0.2, 0.25) is 0 Å². The molecular weight excluding hydrogens is 310 g/mol. The van der Waals surface area contributed by atoms with Crippen LogP contribution in [0.25, 0.3) is 0 Å². The fraction of sp³-hybridized carbons (Fsp3) is 0.667. The van der Waals surface area contributed by atoms with E-state index < -0.39 is 0 Å². The summed E-state index contributed by atoms with van der Waals surface area (Å²) in [6.45, 7) is 12.8. The van der Waals surface area contributed by atoms with Gasteiger partial charge < -0.3 is 10.1 Å². The SMILES string of the molecule is CCCC(=O)Nc1sc([C@H](C)CC(C)(C)C)cc1C(=O)OCC. The molecule has 0 aliphatic carbocycles. The number of amides is 1. The molecule has 0 unspecified atom stereocenters. The van der Waals surface area contributed by atoms with Gasteiger partial charge in [0, 0.05) is 11.3 Å². The van der Waals surface area contributed by atoms with Gasteiger partial charge in [-0.15, -0.1) is 11.3 Å². The highest BCUT2D eigenvalue weighted by Gasteiger charge is 2.23. The van der Waals surface area contributed by atoms with Gasteiger partial charge in [-0.3, -0.25) is 4.79 Å². The maximum atomic E-state index is 12.2. The number of carbonyl (C=O) groups excluding carboxylic acids is 2. The summed E-state index contributed by atoms with van der Waals surface area (Å²) in [4.78, 5) is 25.2. The lowest BCUT2D eigenvalue weighted by atomic mass is 9.85. The quantitative estimate of drug-likeness (QED) is 0.694. The van der Waals surface area contributed by atoms with E-state index in [1.54, 1.807) is 6.92 Å². The molecule has 1 amide bonds. The number of nitrogens with one attached hydrogen (secondary N) is 1. The summed E-state index contributed by atoms with van der Waals surface area (Å²) in [6.07, 6.45) is 2.24. The Kier molecular flexibility index (Phi) is 7.26. The average molecular weight is 340 g/mol. The summed E-state index contributed by atoms with van der Waals surface area (Å²) in [5.41, 5.74) is 0.677. The zero-order valence-corrected chi connectivity index (χ0v) is 15.9.